The molecule has 6 heteroatoms. The van der Waals surface area contributed by atoms with E-state index in [1.165, 1.54) is 6.33 Å². The molecule has 0 aliphatic heterocycles. The number of nitrogens with two attached hydrogens (primary N) is 1. The number of hydrogen-bond donors (Lipinski definition) is 3. The lowest BCUT2D eigenvalue weighted by Gasteiger charge is -2.20. The molecule has 88 valence electrons. The van der Waals surface area contributed by atoms with Crippen molar-refractivity contribution in [1.82, 2.24) is 9.97 Å². The maximum Gasteiger partial charge on any atom is 0.271 e. The van der Waals surface area contributed by atoms with Gasteiger partial charge in [-0.15, -0.1) is 0 Å². The summed E-state index contributed by atoms with van der Waals surface area (Å²) in [4.78, 5) is 17.7. The second-order valence-electron chi connectivity index (χ2n) is 4.07. The topological polar surface area (TPSA) is 83.8 Å². The maximum atomic E-state index is 11.3. The molecule has 5 nitrogen and oxygen atoms in total. The monoisotopic (exact) mass is 242 g/mol. The van der Waals surface area contributed by atoms with Crippen LogP contribution in [0, 0.1) is 5.92 Å². The van der Waals surface area contributed by atoms with E-state index in [0.717, 1.165) is 19.3 Å². The third-order valence-corrected chi connectivity index (χ3v) is 3.43. The predicted octanol–water partition coefficient (Wildman–Crippen LogP) is 0.963. The molecule has 1 aromatic heterocycles. The van der Waals surface area contributed by atoms with Crippen LogP contribution in [-0.4, -0.2) is 22.6 Å². The summed E-state index contributed by atoms with van der Waals surface area (Å²) in [6.45, 7) is 0.651. The molecule has 0 saturated heterocycles. The van der Waals surface area contributed by atoms with Crippen molar-refractivity contribution in [2.24, 2.45) is 11.7 Å². The molecule has 1 aliphatic carbocycles. The van der Waals surface area contributed by atoms with Crippen LogP contribution in [0.25, 0.3) is 0 Å². The van der Waals surface area contributed by atoms with E-state index in [1.54, 1.807) is 0 Å². The van der Waals surface area contributed by atoms with Crippen molar-refractivity contribution in [2.75, 3.05) is 11.9 Å². The van der Waals surface area contributed by atoms with E-state index >= 15 is 0 Å². The Morgan fingerprint density at radius 1 is 1.62 bits per heavy atom. The molecular weight excluding hydrogens is 228 g/mol. The molecule has 4 N–H and O–H groups in total. The van der Waals surface area contributed by atoms with E-state index in [2.05, 4.69) is 15.3 Å². The summed E-state index contributed by atoms with van der Waals surface area (Å²) in [7, 11) is 0. The minimum Gasteiger partial charge on any atom is -0.366 e. The molecule has 1 saturated carbocycles. The maximum absolute atomic E-state index is 11.3. The first-order valence-corrected chi connectivity index (χ1v) is 5.80. The van der Waals surface area contributed by atoms with Gasteiger partial charge in [0.2, 0.25) is 0 Å². The van der Waals surface area contributed by atoms with Gasteiger partial charge in [0.1, 0.15) is 5.02 Å². The molecule has 1 aliphatic rings. The Morgan fingerprint density at radius 3 is 3.19 bits per heavy atom. The van der Waals surface area contributed by atoms with Crippen molar-refractivity contribution in [3.05, 3.63) is 21.7 Å². The van der Waals surface area contributed by atoms with Crippen molar-refractivity contribution < 1.29 is 0 Å². The van der Waals surface area contributed by atoms with Gasteiger partial charge in [-0.1, -0.05) is 18.0 Å². The molecule has 1 aromatic rings. The van der Waals surface area contributed by atoms with Crippen molar-refractivity contribution in [1.29, 1.82) is 0 Å². The van der Waals surface area contributed by atoms with Crippen LogP contribution in [0.2, 0.25) is 5.02 Å². The van der Waals surface area contributed by atoms with Crippen molar-refractivity contribution in [3.8, 4) is 0 Å². The molecule has 1 fully saturated rings. The summed E-state index contributed by atoms with van der Waals surface area (Å²) in [6, 6.07) is 0.275. The van der Waals surface area contributed by atoms with Crippen molar-refractivity contribution in [3.63, 3.8) is 0 Å². The molecule has 16 heavy (non-hydrogen) atoms. The highest BCUT2D eigenvalue weighted by Gasteiger charge is 2.26. The fourth-order valence-corrected chi connectivity index (χ4v) is 2.33. The highest BCUT2D eigenvalue weighted by molar-refractivity contribution is 6.32. The van der Waals surface area contributed by atoms with Gasteiger partial charge in [-0.25, -0.2) is 4.98 Å². The molecule has 1 heterocycles. The van der Waals surface area contributed by atoms with Gasteiger partial charge in [0.05, 0.1) is 6.33 Å². The minimum absolute atomic E-state index is 0.116. The standard InChI is InChI=1S/C10H15ClN4O/c11-8-9(13-5-14-10(8)16)15-7-3-1-2-6(7)4-12/h5-7H,1-4,12H2,(H2,13,14,15,16). The number of anilines is 1. The summed E-state index contributed by atoms with van der Waals surface area (Å²) in [5, 5.41) is 3.32. The van der Waals surface area contributed by atoms with E-state index in [9.17, 15) is 4.79 Å². The van der Waals surface area contributed by atoms with Gasteiger partial charge >= 0.3 is 0 Å². The molecule has 0 radical (unpaired) electrons. The SMILES string of the molecule is NCC1CCCC1Nc1nc[nH]c(=O)c1Cl. The zero-order valence-electron chi connectivity index (χ0n) is 8.87. The van der Waals surface area contributed by atoms with Gasteiger partial charge in [-0.2, -0.15) is 0 Å². The van der Waals surface area contributed by atoms with E-state index < -0.39 is 0 Å². The smallest absolute Gasteiger partial charge is 0.271 e. The van der Waals surface area contributed by atoms with E-state index in [-0.39, 0.29) is 16.6 Å². The van der Waals surface area contributed by atoms with Crippen molar-refractivity contribution in [2.45, 2.75) is 25.3 Å². The lowest BCUT2D eigenvalue weighted by atomic mass is 10.0. The lowest BCUT2D eigenvalue weighted by Crippen LogP contribution is -2.30. The van der Waals surface area contributed by atoms with Gasteiger partial charge in [-0.3, -0.25) is 4.79 Å². The number of H-pyrrole nitrogens is 1. The molecule has 0 spiro atoms. The van der Waals surface area contributed by atoms with Gasteiger partial charge in [0.15, 0.2) is 5.82 Å². The summed E-state index contributed by atoms with van der Waals surface area (Å²) < 4.78 is 0. The average molecular weight is 243 g/mol. The average Bonchev–Trinajstić information content (AvgIpc) is 2.72. The molecule has 2 atom stereocenters. The van der Waals surface area contributed by atoms with Crippen LogP contribution >= 0.6 is 11.6 Å². The first-order chi connectivity index (χ1) is 7.72. The van der Waals surface area contributed by atoms with E-state index in [4.69, 9.17) is 17.3 Å². The van der Waals surface area contributed by atoms with Crippen LogP contribution in [0.3, 0.4) is 0 Å². The third kappa shape index (κ3) is 2.20. The van der Waals surface area contributed by atoms with Crippen molar-refractivity contribution >= 4 is 17.4 Å². The second kappa shape index (κ2) is 4.84. The number of rotatable bonds is 3. The molecule has 0 aromatic carbocycles. The zero-order chi connectivity index (χ0) is 11.5. The summed E-state index contributed by atoms with van der Waals surface area (Å²) in [5.41, 5.74) is 5.37. The first kappa shape index (κ1) is 11.4. The second-order valence-corrected chi connectivity index (χ2v) is 4.45. The molecule has 2 unspecified atom stereocenters. The van der Waals surface area contributed by atoms with Crippen LogP contribution in [0.5, 0.6) is 0 Å². The largest absolute Gasteiger partial charge is 0.366 e. The van der Waals surface area contributed by atoms with Crippen LogP contribution in [-0.2, 0) is 0 Å². The van der Waals surface area contributed by atoms with Gasteiger partial charge in [0.25, 0.3) is 5.56 Å². The zero-order valence-corrected chi connectivity index (χ0v) is 9.63. The third-order valence-electron chi connectivity index (χ3n) is 3.08. The number of nitrogens with zero attached hydrogens (tertiary/aromatic N) is 1. The highest BCUT2D eigenvalue weighted by atomic mass is 35.5. The number of aromatic nitrogens is 2. The predicted molar refractivity (Wildman–Crippen MR) is 63.7 cm³/mol. The Morgan fingerprint density at radius 2 is 2.44 bits per heavy atom. The van der Waals surface area contributed by atoms with Gasteiger partial charge in [0, 0.05) is 6.04 Å². The number of halogens is 1. The minimum atomic E-state index is -0.318. The number of nitrogens with one attached hydrogen (secondary N) is 2. The Balaban J connectivity index is 2.14. The van der Waals surface area contributed by atoms with Crippen LogP contribution < -0.4 is 16.6 Å². The lowest BCUT2D eigenvalue weighted by molar-refractivity contribution is 0.515. The Labute approximate surface area is 98.4 Å². The Hall–Kier alpha value is -1.07. The number of hydrogen-bond acceptors (Lipinski definition) is 4. The van der Waals surface area contributed by atoms with Gasteiger partial charge < -0.3 is 16.0 Å². The summed E-state index contributed by atoms with van der Waals surface area (Å²) in [6.07, 6.45) is 4.67. The van der Waals surface area contributed by atoms with E-state index in [1.807, 2.05) is 0 Å². The van der Waals surface area contributed by atoms with Crippen LogP contribution in [0.1, 0.15) is 19.3 Å². The Bertz CT molecular complexity index is 420. The Kier molecular flexibility index (Phi) is 3.46. The molecule has 2 rings (SSSR count). The quantitative estimate of drug-likeness (QED) is 0.737. The van der Waals surface area contributed by atoms with Crippen LogP contribution in [0.4, 0.5) is 5.82 Å². The highest BCUT2D eigenvalue weighted by Crippen LogP contribution is 2.28. The first-order valence-electron chi connectivity index (χ1n) is 5.42. The normalized spacial score (nSPS) is 24.6. The molecule has 0 bridgehead atoms. The summed E-state index contributed by atoms with van der Waals surface area (Å²) in [5.74, 6) is 0.896. The fourth-order valence-electron chi connectivity index (χ4n) is 2.17. The number of aromatic amines is 1. The summed E-state index contributed by atoms with van der Waals surface area (Å²) >= 11 is 5.86. The van der Waals surface area contributed by atoms with E-state index in [0.29, 0.717) is 18.3 Å². The van der Waals surface area contributed by atoms with Crippen LogP contribution in [0.15, 0.2) is 11.1 Å². The fraction of sp³-hybridized carbons (Fsp3) is 0.600. The van der Waals surface area contributed by atoms with Gasteiger partial charge in [-0.05, 0) is 25.3 Å². The molecular formula is C10H15ClN4O. The molecule has 0 amide bonds.